The van der Waals surface area contributed by atoms with Gasteiger partial charge in [-0.25, -0.2) is 13.5 Å². The van der Waals surface area contributed by atoms with Crippen molar-refractivity contribution in [2.45, 2.75) is 52.0 Å². The van der Waals surface area contributed by atoms with Crippen molar-refractivity contribution in [1.82, 2.24) is 14.5 Å². The zero-order chi connectivity index (χ0) is 21.5. The molecule has 1 saturated heterocycles. The quantitative estimate of drug-likeness (QED) is 0.282. The fourth-order valence-corrected chi connectivity index (χ4v) is 4.55. The molecule has 3 amide bonds. The first-order chi connectivity index (χ1) is 14.5. The molecule has 1 N–H and O–H groups in total. The van der Waals surface area contributed by atoms with Crippen LogP contribution in [0.5, 0.6) is 5.75 Å². The van der Waals surface area contributed by atoms with Crippen LogP contribution in [0.1, 0.15) is 57.6 Å². The second-order valence-electron chi connectivity index (χ2n) is 8.02. The number of nitrogens with zero attached hydrogens (tertiary/aromatic N) is 2. The van der Waals surface area contributed by atoms with Crippen LogP contribution >= 0.6 is 11.9 Å². The normalized spacial score (nSPS) is 17.5. The first-order valence-electron chi connectivity index (χ1n) is 10.9. The number of unbranched alkanes of at least 4 members (excludes halogenated alkanes) is 2. The monoisotopic (exact) mass is 437 g/mol. The van der Waals surface area contributed by atoms with E-state index >= 15 is 0 Å². The fraction of sp³-hybridized carbons (Fsp3) is 0.636. The van der Waals surface area contributed by atoms with Gasteiger partial charge in [0.1, 0.15) is 6.54 Å². The summed E-state index contributed by atoms with van der Waals surface area (Å²) in [5.74, 6) is 1.42. The number of hydrogen-bond donors (Lipinski definition) is 1. The SMILES string of the molecule is CCN(SCCCCCN1CC(=O)NC1=O)C(C)c1ccc(F)c(OCC2CC2)c1. The van der Waals surface area contributed by atoms with E-state index in [9.17, 15) is 14.0 Å². The predicted molar refractivity (Wildman–Crippen MR) is 117 cm³/mol. The lowest BCUT2D eigenvalue weighted by molar-refractivity contribution is -0.118. The van der Waals surface area contributed by atoms with Gasteiger partial charge in [0, 0.05) is 24.9 Å². The summed E-state index contributed by atoms with van der Waals surface area (Å²) in [4.78, 5) is 24.3. The Morgan fingerprint density at radius 2 is 2.10 bits per heavy atom. The van der Waals surface area contributed by atoms with Crippen molar-refractivity contribution in [3.05, 3.63) is 29.6 Å². The molecular formula is C22H32FN3O3S. The van der Waals surface area contributed by atoms with Gasteiger partial charge < -0.3 is 9.64 Å². The Morgan fingerprint density at radius 3 is 2.77 bits per heavy atom. The largest absolute Gasteiger partial charge is 0.490 e. The highest BCUT2D eigenvalue weighted by molar-refractivity contribution is 7.97. The van der Waals surface area contributed by atoms with Crippen LogP contribution in [-0.4, -0.2) is 53.1 Å². The maximum atomic E-state index is 14.1. The number of nitrogens with one attached hydrogen (secondary N) is 1. The lowest BCUT2D eigenvalue weighted by Gasteiger charge is -2.27. The predicted octanol–water partition coefficient (Wildman–Crippen LogP) is 4.37. The van der Waals surface area contributed by atoms with Crippen LogP contribution in [0.25, 0.3) is 0 Å². The zero-order valence-electron chi connectivity index (χ0n) is 17.9. The van der Waals surface area contributed by atoms with Crippen molar-refractivity contribution in [3.63, 3.8) is 0 Å². The van der Waals surface area contributed by atoms with Crippen molar-refractivity contribution < 1.29 is 18.7 Å². The van der Waals surface area contributed by atoms with Crippen LogP contribution in [0.4, 0.5) is 9.18 Å². The molecule has 1 aliphatic heterocycles. The van der Waals surface area contributed by atoms with Crippen LogP contribution in [0.2, 0.25) is 0 Å². The Bertz CT molecular complexity index is 744. The number of benzene rings is 1. The third-order valence-electron chi connectivity index (χ3n) is 5.55. The fourth-order valence-electron chi connectivity index (χ4n) is 3.45. The second kappa shape index (κ2) is 11.0. The summed E-state index contributed by atoms with van der Waals surface area (Å²) in [6.07, 6.45) is 5.30. The third kappa shape index (κ3) is 6.60. The van der Waals surface area contributed by atoms with E-state index in [2.05, 4.69) is 23.5 Å². The molecule has 1 saturated carbocycles. The van der Waals surface area contributed by atoms with Gasteiger partial charge in [-0.1, -0.05) is 31.4 Å². The maximum absolute atomic E-state index is 14.1. The Labute approximate surface area is 182 Å². The van der Waals surface area contributed by atoms with Crippen molar-refractivity contribution >= 4 is 23.9 Å². The lowest BCUT2D eigenvalue weighted by Crippen LogP contribution is -2.29. The average Bonchev–Trinajstić information content (AvgIpc) is 3.50. The van der Waals surface area contributed by atoms with Crippen LogP contribution in [0.3, 0.4) is 0 Å². The Kier molecular flexibility index (Phi) is 8.39. The molecule has 0 spiro atoms. The topological polar surface area (TPSA) is 61.9 Å². The maximum Gasteiger partial charge on any atom is 0.324 e. The molecule has 3 rings (SSSR count). The zero-order valence-corrected chi connectivity index (χ0v) is 18.7. The summed E-state index contributed by atoms with van der Waals surface area (Å²) < 4.78 is 22.1. The number of urea groups is 1. The molecule has 1 aromatic carbocycles. The van der Waals surface area contributed by atoms with Crippen LogP contribution in [0, 0.1) is 11.7 Å². The molecule has 1 atom stereocenters. The van der Waals surface area contributed by atoms with Gasteiger partial charge in [-0.2, -0.15) is 0 Å². The first-order valence-corrected chi connectivity index (χ1v) is 11.8. The molecule has 2 aliphatic rings. The molecular weight excluding hydrogens is 405 g/mol. The van der Waals surface area contributed by atoms with Gasteiger partial charge in [-0.3, -0.25) is 10.1 Å². The lowest BCUT2D eigenvalue weighted by atomic mass is 10.1. The van der Waals surface area contributed by atoms with Crippen LogP contribution in [-0.2, 0) is 4.79 Å². The van der Waals surface area contributed by atoms with Crippen LogP contribution < -0.4 is 10.1 Å². The van der Waals surface area contributed by atoms with E-state index < -0.39 is 0 Å². The van der Waals surface area contributed by atoms with E-state index in [1.165, 1.54) is 18.9 Å². The van der Waals surface area contributed by atoms with Crippen molar-refractivity contribution in [2.75, 3.05) is 32.0 Å². The number of carbonyl (C=O) groups is 2. The molecule has 6 nitrogen and oxygen atoms in total. The first kappa shape index (κ1) is 22.9. The molecule has 1 heterocycles. The molecule has 0 radical (unpaired) electrons. The Balaban J connectivity index is 1.39. The van der Waals surface area contributed by atoms with Gasteiger partial charge in [0.2, 0.25) is 5.91 Å². The number of rotatable bonds is 13. The van der Waals surface area contributed by atoms with E-state index in [0.717, 1.165) is 37.1 Å². The molecule has 1 aliphatic carbocycles. The van der Waals surface area contributed by atoms with E-state index in [1.54, 1.807) is 16.8 Å². The summed E-state index contributed by atoms with van der Waals surface area (Å²) in [5.41, 5.74) is 1.06. The highest BCUT2D eigenvalue weighted by Crippen LogP contribution is 2.33. The average molecular weight is 438 g/mol. The van der Waals surface area contributed by atoms with Gasteiger partial charge >= 0.3 is 6.03 Å². The van der Waals surface area contributed by atoms with Crippen molar-refractivity contribution in [3.8, 4) is 5.75 Å². The van der Waals surface area contributed by atoms with E-state index in [-0.39, 0.29) is 30.3 Å². The summed E-state index contributed by atoms with van der Waals surface area (Å²) in [6, 6.07) is 5.07. The number of hydrogen-bond acceptors (Lipinski definition) is 5. The molecule has 0 bridgehead atoms. The summed E-state index contributed by atoms with van der Waals surface area (Å²) in [5, 5.41) is 2.30. The number of imide groups is 1. The smallest absolute Gasteiger partial charge is 0.324 e. The van der Waals surface area contributed by atoms with E-state index in [0.29, 0.717) is 24.8 Å². The van der Waals surface area contributed by atoms with Crippen molar-refractivity contribution in [2.24, 2.45) is 5.92 Å². The standard InChI is InChI=1S/C22H32FN3O3S/c1-3-26(30-12-6-4-5-11-25-14-21(27)24-22(25)28)16(2)18-9-10-19(23)20(13-18)29-15-17-7-8-17/h9-10,13,16-17H,3-8,11-12,14-15H2,1-2H3,(H,24,27,28). The summed E-state index contributed by atoms with van der Waals surface area (Å²) in [7, 11) is 0. The third-order valence-corrected chi connectivity index (χ3v) is 6.93. The number of halogens is 1. The van der Waals surface area contributed by atoms with Gasteiger partial charge in [-0.05, 0) is 56.2 Å². The Hall–Kier alpha value is -1.80. The molecule has 2 fully saturated rings. The second-order valence-corrected chi connectivity index (χ2v) is 9.16. The highest BCUT2D eigenvalue weighted by atomic mass is 32.2. The van der Waals surface area contributed by atoms with E-state index in [1.807, 2.05) is 12.1 Å². The molecule has 30 heavy (non-hydrogen) atoms. The number of ether oxygens (including phenoxy) is 1. The van der Waals surface area contributed by atoms with Gasteiger partial charge in [0.15, 0.2) is 11.6 Å². The van der Waals surface area contributed by atoms with Crippen LogP contribution in [0.15, 0.2) is 18.2 Å². The van der Waals surface area contributed by atoms with E-state index in [4.69, 9.17) is 4.74 Å². The highest BCUT2D eigenvalue weighted by Gasteiger charge is 2.26. The minimum atomic E-state index is -0.296. The number of amides is 3. The van der Waals surface area contributed by atoms with Crippen molar-refractivity contribution in [1.29, 1.82) is 0 Å². The van der Waals surface area contributed by atoms with Gasteiger partial charge in [0.05, 0.1) is 6.61 Å². The minimum absolute atomic E-state index is 0.156. The molecule has 0 aromatic heterocycles. The molecule has 166 valence electrons. The summed E-state index contributed by atoms with van der Waals surface area (Å²) >= 11 is 1.80. The summed E-state index contributed by atoms with van der Waals surface area (Å²) in [6.45, 7) is 6.55. The molecule has 8 heteroatoms. The Morgan fingerprint density at radius 1 is 1.30 bits per heavy atom. The van der Waals surface area contributed by atoms with Gasteiger partial charge in [0.25, 0.3) is 0 Å². The molecule has 1 unspecified atom stereocenters. The minimum Gasteiger partial charge on any atom is -0.490 e. The number of carbonyl (C=O) groups excluding carboxylic acids is 2. The molecule has 1 aromatic rings. The van der Waals surface area contributed by atoms with Gasteiger partial charge in [-0.15, -0.1) is 0 Å².